The molecule has 4 heteroatoms. The van der Waals surface area contributed by atoms with Gasteiger partial charge in [0.1, 0.15) is 6.10 Å². The first kappa shape index (κ1) is 16.9. The molecule has 0 aliphatic carbocycles. The lowest BCUT2D eigenvalue weighted by molar-refractivity contribution is -0.173. The van der Waals surface area contributed by atoms with Gasteiger partial charge < -0.3 is 9.84 Å². The molecule has 0 aliphatic rings. The van der Waals surface area contributed by atoms with Crippen LogP contribution in [-0.4, -0.2) is 23.8 Å². The zero-order valence-corrected chi connectivity index (χ0v) is 12.5. The summed E-state index contributed by atoms with van der Waals surface area (Å²) in [6.07, 6.45) is -0.336. The largest absolute Gasteiger partial charge is 0.460 e. The highest BCUT2D eigenvalue weighted by molar-refractivity contribution is 5.79. The van der Waals surface area contributed by atoms with Crippen LogP contribution in [0.1, 0.15) is 48.5 Å². The summed E-state index contributed by atoms with van der Waals surface area (Å²) in [5.74, 6) is -0.664. The molecule has 0 aromatic rings. The van der Waals surface area contributed by atoms with E-state index in [0.717, 1.165) is 0 Å². The molecule has 0 unspecified atom stereocenters. The molecule has 0 radical (unpaired) electrons. The number of hydrogen-bond donors (Lipinski definition) is 1. The molecular weight excluding hydrogens is 230 g/mol. The van der Waals surface area contributed by atoms with Gasteiger partial charge in [-0.25, -0.2) is 0 Å². The fraction of sp³-hybridized carbons (Fsp3) is 0.857. The first-order valence-corrected chi connectivity index (χ1v) is 6.11. The molecule has 0 fully saturated rings. The van der Waals surface area contributed by atoms with Crippen LogP contribution in [0.3, 0.4) is 0 Å². The molecule has 0 saturated heterocycles. The Kier molecular flexibility index (Phi) is 4.96. The molecule has 4 nitrogen and oxygen atoms in total. The number of rotatable bonds is 3. The fourth-order valence-electron chi connectivity index (χ4n) is 2.04. The molecular formula is C14H25NO3. The summed E-state index contributed by atoms with van der Waals surface area (Å²) in [6, 6.07) is 1.81. The normalized spacial score (nSPS) is 16.0. The van der Waals surface area contributed by atoms with Crippen molar-refractivity contribution in [1.82, 2.24) is 0 Å². The van der Waals surface area contributed by atoms with E-state index in [1.165, 1.54) is 6.92 Å². The summed E-state index contributed by atoms with van der Waals surface area (Å²) < 4.78 is 5.50. The van der Waals surface area contributed by atoms with Gasteiger partial charge in [0.05, 0.1) is 12.7 Å². The molecule has 0 bridgehead atoms. The number of aliphatic hydroxyl groups is 1. The number of carbonyl (C=O) groups excluding carboxylic acids is 1. The highest BCUT2D eigenvalue weighted by Gasteiger charge is 2.43. The molecule has 0 heterocycles. The van der Waals surface area contributed by atoms with E-state index in [1.54, 1.807) is 0 Å². The summed E-state index contributed by atoms with van der Waals surface area (Å²) in [7, 11) is 0. The summed E-state index contributed by atoms with van der Waals surface area (Å²) in [4.78, 5) is 12.0. The maximum atomic E-state index is 12.0. The minimum atomic E-state index is -1.49. The maximum Gasteiger partial charge on any atom is 0.328 e. The number of nitriles is 1. The smallest absolute Gasteiger partial charge is 0.328 e. The number of aliphatic hydroxyl groups excluding tert-OH is 1. The van der Waals surface area contributed by atoms with Crippen molar-refractivity contribution in [1.29, 1.82) is 5.26 Å². The van der Waals surface area contributed by atoms with E-state index < -0.39 is 18.0 Å². The maximum absolute atomic E-state index is 12.0. The van der Waals surface area contributed by atoms with Crippen LogP contribution in [0.15, 0.2) is 0 Å². The van der Waals surface area contributed by atoms with Gasteiger partial charge in [-0.15, -0.1) is 0 Å². The lowest BCUT2D eigenvalue weighted by Gasteiger charge is -2.40. The second kappa shape index (κ2) is 5.27. The Hall–Kier alpha value is -1.08. The Bertz CT molecular complexity index is 330. The van der Waals surface area contributed by atoms with Crippen LogP contribution in [0.4, 0.5) is 0 Å². The van der Waals surface area contributed by atoms with E-state index in [0.29, 0.717) is 0 Å². The van der Waals surface area contributed by atoms with Crippen LogP contribution in [-0.2, 0) is 9.53 Å². The number of ether oxygens (including phenoxy) is 1. The third-order valence-corrected chi connectivity index (χ3v) is 2.81. The Morgan fingerprint density at radius 1 is 1.17 bits per heavy atom. The first-order valence-electron chi connectivity index (χ1n) is 6.11. The van der Waals surface area contributed by atoms with Gasteiger partial charge in [-0.1, -0.05) is 41.5 Å². The van der Waals surface area contributed by atoms with Gasteiger partial charge >= 0.3 is 5.97 Å². The Morgan fingerprint density at radius 3 is 1.78 bits per heavy atom. The van der Waals surface area contributed by atoms with Gasteiger partial charge in [0.2, 0.25) is 0 Å². The number of esters is 1. The zero-order chi connectivity index (χ0) is 14.8. The van der Waals surface area contributed by atoms with E-state index in [2.05, 4.69) is 0 Å². The molecule has 0 aromatic heterocycles. The molecule has 0 saturated carbocycles. The molecule has 1 N–H and O–H groups in total. The average Bonchev–Trinajstić information content (AvgIpc) is 2.21. The summed E-state index contributed by atoms with van der Waals surface area (Å²) in [6.45, 7) is 12.8. The lowest BCUT2D eigenvalue weighted by Crippen LogP contribution is -2.45. The molecule has 0 amide bonds. The van der Waals surface area contributed by atoms with Crippen molar-refractivity contribution >= 4 is 5.97 Å². The fourth-order valence-corrected chi connectivity index (χ4v) is 2.04. The van der Waals surface area contributed by atoms with Gasteiger partial charge in [-0.3, -0.25) is 4.79 Å². The Labute approximate surface area is 110 Å². The Balaban J connectivity index is 5.17. The van der Waals surface area contributed by atoms with E-state index in [9.17, 15) is 4.79 Å². The van der Waals surface area contributed by atoms with Crippen molar-refractivity contribution < 1.29 is 14.6 Å². The highest BCUT2D eigenvalue weighted by Crippen LogP contribution is 2.37. The standard InChI is InChI=1S/C14H25NO3/c1-12(2,3)10(13(4,5)6)18-11(17)14(7,8-15)9-16/h10,16H,9H2,1-7H3/t14-/m0/s1. The summed E-state index contributed by atoms with van der Waals surface area (Å²) in [5.41, 5.74) is -1.96. The van der Waals surface area contributed by atoms with Crippen molar-refractivity contribution in [3.8, 4) is 6.07 Å². The van der Waals surface area contributed by atoms with Crippen LogP contribution >= 0.6 is 0 Å². The quantitative estimate of drug-likeness (QED) is 0.787. The van der Waals surface area contributed by atoms with E-state index in [-0.39, 0.29) is 16.9 Å². The van der Waals surface area contributed by atoms with Crippen molar-refractivity contribution in [3.63, 3.8) is 0 Å². The minimum absolute atomic E-state index is 0.236. The van der Waals surface area contributed by atoms with Gasteiger partial charge in [0.15, 0.2) is 5.41 Å². The molecule has 1 atom stereocenters. The van der Waals surface area contributed by atoms with Crippen LogP contribution in [0.2, 0.25) is 0 Å². The van der Waals surface area contributed by atoms with E-state index in [1.807, 2.05) is 47.6 Å². The predicted molar refractivity (Wildman–Crippen MR) is 69.6 cm³/mol. The van der Waals surface area contributed by atoms with Crippen LogP contribution < -0.4 is 0 Å². The molecule has 0 spiro atoms. The molecule has 18 heavy (non-hydrogen) atoms. The van der Waals surface area contributed by atoms with Crippen LogP contribution in [0.5, 0.6) is 0 Å². The molecule has 0 aromatic carbocycles. The summed E-state index contributed by atoms with van der Waals surface area (Å²) >= 11 is 0. The van der Waals surface area contributed by atoms with Gasteiger partial charge in [0, 0.05) is 0 Å². The van der Waals surface area contributed by atoms with Gasteiger partial charge in [0.25, 0.3) is 0 Å². The average molecular weight is 255 g/mol. The SMILES string of the molecule is CC(C)(C)C(OC(=O)[C@@](C)(C#N)CO)C(C)(C)C. The highest BCUT2D eigenvalue weighted by atomic mass is 16.5. The van der Waals surface area contributed by atoms with E-state index >= 15 is 0 Å². The topological polar surface area (TPSA) is 70.3 Å². The lowest BCUT2D eigenvalue weighted by atomic mass is 9.74. The monoisotopic (exact) mass is 255 g/mol. The predicted octanol–water partition coefficient (Wildman–Crippen LogP) is 2.51. The summed E-state index contributed by atoms with van der Waals surface area (Å²) in [5, 5.41) is 18.1. The van der Waals surface area contributed by atoms with Crippen molar-refractivity contribution in [2.24, 2.45) is 16.2 Å². The zero-order valence-electron chi connectivity index (χ0n) is 12.5. The van der Waals surface area contributed by atoms with Crippen LogP contribution in [0.25, 0.3) is 0 Å². The first-order chi connectivity index (χ1) is 7.88. The van der Waals surface area contributed by atoms with Gasteiger partial charge in [-0.05, 0) is 17.8 Å². The van der Waals surface area contributed by atoms with Crippen LogP contribution in [0, 0.1) is 27.6 Å². The van der Waals surface area contributed by atoms with Crippen molar-refractivity contribution in [2.45, 2.75) is 54.6 Å². The van der Waals surface area contributed by atoms with Crippen molar-refractivity contribution in [3.05, 3.63) is 0 Å². The second-order valence-electron chi connectivity index (χ2n) is 7.12. The number of nitrogens with zero attached hydrogens (tertiary/aromatic N) is 1. The van der Waals surface area contributed by atoms with Gasteiger partial charge in [-0.2, -0.15) is 5.26 Å². The van der Waals surface area contributed by atoms with E-state index in [4.69, 9.17) is 15.1 Å². The number of hydrogen-bond acceptors (Lipinski definition) is 4. The molecule has 104 valence electrons. The third kappa shape index (κ3) is 3.99. The molecule has 0 rings (SSSR count). The third-order valence-electron chi connectivity index (χ3n) is 2.81. The Morgan fingerprint density at radius 2 is 1.56 bits per heavy atom. The van der Waals surface area contributed by atoms with Crippen molar-refractivity contribution in [2.75, 3.05) is 6.61 Å². The molecule has 0 aliphatic heterocycles. The second-order valence-corrected chi connectivity index (χ2v) is 7.12. The minimum Gasteiger partial charge on any atom is -0.460 e. The number of carbonyl (C=O) groups is 1.